The van der Waals surface area contributed by atoms with Crippen LogP contribution in [0.5, 0.6) is 0 Å². The van der Waals surface area contributed by atoms with Gasteiger partial charge in [-0.2, -0.15) is 0 Å². The van der Waals surface area contributed by atoms with E-state index in [0.717, 1.165) is 20.8 Å². The summed E-state index contributed by atoms with van der Waals surface area (Å²) in [6.45, 7) is 3.40. The predicted octanol–water partition coefficient (Wildman–Crippen LogP) is -4.76. The van der Waals surface area contributed by atoms with Crippen LogP contribution in [-0.2, 0) is 14.4 Å². The van der Waals surface area contributed by atoms with Gasteiger partial charge in [0.05, 0.1) is 36.2 Å². The molecule has 3 atom stereocenters. The van der Waals surface area contributed by atoms with E-state index >= 15 is 0 Å². The van der Waals surface area contributed by atoms with Crippen molar-refractivity contribution in [3.8, 4) is 0 Å². The molecule has 0 fully saturated rings. The number of rotatable bonds is 3. The van der Waals surface area contributed by atoms with Gasteiger partial charge < -0.3 is 45.0 Å². The molecule has 0 aromatic heterocycles. The van der Waals surface area contributed by atoms with E-state index in [1.165, 1.54) is 0 Å². The van der Waals surface area contributed by atoms with Crippen LogP contribution in [0, 0.1) is 0 Å². The van der Waals surface area contributed by atoms with E-state index in [2.05, 4.69) is 0 Å². The molecule has 0 radical (unpaired) electrons. The molecule has 0 aliphatic heterocycles. The van der Waals surface area contributed by atoms with Crippen LogP contribution in [0.4, 0.5) is 0 Å². The van der Waals surface area contributed by atoms with E-state index in [1.807, 2.05) is 0 Å². The zero-order valence-electron chi connectivity index (χ0n) is 11.8. The summed E-state index contributed by atoms with van der Waals surface area (Å²) >= 11 is 0. The molecule has 3 N–H and O–H groups in total. The Kier molecular flexibility index (Phi) is 50.1. The fourth-order valence-corrected chi connectivity index (χ4v) is 0. The number of carboxylic acid groups (broad SMARTS) is 3. The summed E-state index contributed by atoms with van der Waals surface area (Å²) in [4.78, 5) is 28.0. The Balaban J connectivity index is -0.0000000281. The van der Waals surface area contributed by atoms with E-state index in [9.17, 15) is 29.7 Å². The third kappa shape index (κ3) is 50.3. The minimum atomic E-state index is -1.44. The first-order valence-corrected chi connectivity index (χ1v) is 4.60. The number of aliphatic hydroxyl groups is 3. The van der Waals surface area contributed by atoms with Gasteiger partial charge in [-0.15, -0.1) is 37.2 Å². The second kappa shape index (κ2) is 25.6. The third-order valence-corrected chi connectivity index (χ3v) is 1.02. The number of carboxylic acids is 3. The van der Waals surface area contributed by atoms with E-state index in [0.29, 0.717) is 0 Å². The average Bonchev–Trinajstić information content (AvgIpc) is 2.18. The molecule has 9 nitrogen and oxygen atoms in total. The van der Waals surface area contributed by atoms with Gasteiger partial charge >= 0.3 is 17.4 Å². The Hall–Kier alpha value is -0.308. The van der Waals surface area contributed by atoms with Gasteiger partial charge in [0.2, 0.25) is 0 Å². The van der Waals surface area contributed by atoms with Crippen molar-refractivity contribution in [3.63, 3.8) is 0 Å². The maximum atomic E-state index is 9.34. The summed E-state index contributed by atoms with van der Waals surface area (Å²) in [6.07, 6.45) is -4.03. The zero-order chi connectivity index (χ0) is 15.5. The Morgan fingerprint density at radius 2 is 0.682 bits per heavy atom. The summed E-state index contributed by atoms with van der Waals surface area (Å²) < 4.78 is 0. The smallest absolute Gasteiger partial charge is 0.547 e. The molecular formula is C9H18AlCl3O9. The minimum Gasteiger partial charge on any atom is -0.547 e. The van der Waals surface area contributed by atoms with Crippen LogP contribution in [0.3, 0.4) is 0 Å². The first-order valence-electron chi connectivity index (χ1n) is 4.60. The minimum absolute atomic E-state index is 0. The summed E-state index contributed by atoms with van der Waals surface area (Å²) in [7, 11) is 0. The van der Waals surface area contributed by atoms with Crippen LogP contribution in [-0.4, -0.2) is 68.9 Å². The van der Waals surface area contributed by atoms with Crippen molar-refractivity contribution in [3.05, 3.63) is 0 Å². The quantitative estimate of drug-likeness (QED) is 0.390. The number of halogens is 3. The monoisotopic (exact) mass is 402 g/mol. The second-order valence-electron chi connectivity index (χ2n) is 2.99. The summed E-state index contributed by atoms with van der Waals surface area (Å²) in [5, 5.41) is 51.9. The number of hydrogen-bond acceptors (Lipinski definition) is 9. The molecule has 0 amide bonds. The van der Waals surface area contributed by atoms with Crippen LogP contribution < -0.4 is 15.3 Å². The molecule has 0 aromatic rings. The van der Waals surface area contributed by atoms with Crippen molar-refractivity contribution in [1.29, 1.82) is 0 Å². The largest absolute Gasteiger partial charge is 3.00 e. The molecule has 0 aliphatic rings. The van der Waals surface area contributed by atoms with Gasteiger partial charge in [-0.25, -0.2) is 0 Å². The second-order valence-corrected chi connectivity index (χ2v) is 2.99. The van der Waals surface area contributed by atoms with Crippen molar-refractivity contribution in [1.82, 2.24) is 0 Å². The number of carbonyl (C=O) groups excluding carboxylic acids is 3. The maximum absolute atomic E-state index is 9.34. The molecule has 0 rings (SSSR count). The summed E-state index contributed by atoms with van der Waals surface area (Å²) in [5.74, 6) is -4.31. The first kappa shape index (κ1) is 43.0. The predicted molar refractivity (Wildman–Crippen MR) is 77.6 cm³/mol. The molecule has 0 saturated carbocycles. The van der Waals surface area contributed by atoms with Gasteiger partial charge in [0, 0.05) is 0 Å². The normalized spacial score (nSPS) is 11.2. The van der Waals surface area contributed by atoms with Crippen molar-refractivity contribution in [2.24, 2.45) is 0 Å². The standard InChI is InChI=1S/3C3H6O3.Al.3ClH/c3*1-2(4)3(5)6;;;;/h3*2,4H,1H3,(H,5,6);;3*1H/q;;;+3;;;/p-3. The molecule has 0 aliphatic carbocycles. The Bertz CT molecular complexity index is 232. The molecule has 0 aromatic carbocycles. The number of carbonyl (C=O) groups is 3. The molecule has 0 spiro atoms. The van der Waals surface area contributed by atoms with Gasteiger partial charge in [-0.1, -0.05) is 0 Å². The zero-order valence-corrected chi connectivity index (χ0v) is 15.4. The fraction of sp³-hybridized carbons (Fsp3) is 0.667. The van der Waals surface area contributed by atoms with Crippen molar-refractivity contribution >= 4 is 72.5 Å². The third-order valence-electron chi connectivity index (χ3n) is 1.02. The Morgan fingerprint density at radius 3 is 0.682 bits per heavy atom. The summed E-state index contributed by atoms with van der Waals surface area (Å²) in [6, 6.07) is 0. The van der Waals surface area contributed by atoms with E-state index in [4.69, 9.17) is 15.3 Å². The van der Waals surface area contributed by atoms with Gasteiger partial charge in [-0.3, -0.25) is 0 Å². The average molecular weight is 404 g/mol. The van der Waals surface area contributed by atoms with E-state index in [-0.39, 0.29) is 54.6 Å². The number of aliphatic hydroxyl groups excluding tert-OH is 3. The SMILES string of the molecule is CC(O)C(=O)[O-].CC(O)C(=O)[O-].CC(O)C(=O)[O-].Cl.Cl.Cl.[Al+3]. The van der Waals surface area contributed by atoms with Crippen LogP contribution in [0.1, 0.15) is 20.8 Å². The van der Waals surface area contributed by atoms with Crippen LogP contribution in [0.15, 0.2) is 0 Å². The molecular weight excluding hydrogens is 385 g/mol. The summed E-state index contributed by atoms with van der Waals surface area (Å²) in [5.41, 5.74) is 0. The molecule has 22 heavy (non-hydrogen) atoms. The van der Waals surface area contributed by atoms with Crippen LogP contribution >= 0.6 is 37.2 Å². The van der Waals surface area contributed by atoms with Gasteiger partial charge in [0.1, 0.15) is 0 Å². The molecule has 0 bridgehead atoms. The molecule has 0 saturated heterocycles. The number of hydrogen-bond donors (Lipinski definition) is 3. The maximum Gasteiger partial charge on any atom is 3.00 e. The van der Waals surface area contributed by atoms with Gasteiger partial charge in [0.25, 0.3) is 0 Å². The topological polar surface area (TPSA) is 181 Å². The van der Waals surface area contributed by atoms with E-state index < -0.39 is 36.2 Å². The first-order chi connectivity index (χ1) is 7.93. The number of aliphatic carboxylic acids is 3. The Morgan fingerprint density at radius 1 is 0.636 bits per heavy atom. The van der Waals surface area contributed by atoms with Crippen molar-refractivity contribution < 1.29 is 45.0 Å². The molecule has 3 unspecified atom stereocenters. The molecule has 0 heterocycles. The van der Waals surface area contributed by atoms with Crippen LogP contribution in [0.2, 0.25) is 0 Å². The van der Waals surface area contributed by atoms with Crippen molar-refractivity contribution in [2.75, 3.05) is 0 Å². The Labute approximate surface area is 156 Å². The van der Waals surface area contributed by atoms with Gasteiger partial charge in [-0.05, 0) is 20.8 Å². The van der Waals surface area contributed by atoms with Crippen molar-refractivity contribution in [2.45, 2.75) is 39.1 Å². The molecule has 13 heteroatoms. The van der Waals surface area contributed by atoms with E-state index in [1.54, 1.807) is 0 Å². The van der Waals surface area contributed by atoms with Crippen LogP contribution in [0.25, 0.3) is 0 Å². The molecule has 132 valence electrons. The van der Waals surface area contributed by atoms with Gasteiger partial charge in [0.15, 0.2) is 0 Å². The fourth-order valence-electron chi connectivity index (χ4n) is 0.